The molecule has 1 aliphatic rings. The molecule has 0 atom stereocenters. The van der Waals surface area contributed by atoms with Crippen LogP contribution < -0.4 is 20.1 Å². The zero-order valence-corrected chi connectivity index (χ0v) is 15.7. The van der Waals surface area contributed by atoms with E-state index in [1.165, 1.54) is 0 Å². The Morgan fingerprint density at radius 2 is 2.00 bits per heavy atom. The average molecular weight is 401 g/mol. The van der Waals surface area contributed by atoms with Gasteiger partial charge in [0, 0.05) is 30.4 Å². The summed E-state index contributed by atoms with van der Waals surface area (Å²) in [7, 11) is 1.76. The minimum absolute atomic E-state index is 0.0608. The summed E-state index contributed by atoms with van der Waals surface area (Å²) in [5, 5.41) is 17.7. The maximum absolute atomic E-state index is 12.3. The van der Waals surface area contributed by atoms with Crippen molar-refractivity contribution >= 4 is 28.9 Å². The lowest BCUT2D eigenvalue weighted by Crippen LogP contribution is -2.22. The van der Waals surface area contributed by atoms with Crippen LogP contribution in [0.25, 0.3) is 11.4 Å². The van der Waals surface area contributed by atoms with E-state index >= 15 is 0 Å². The quantitative estimate of drug-likeness (QED) is 0.677. The maximum atomic E-state index is 12.3. The lowest BCUT2D eigenvalue weighted by Gasteiger charge is -2.20. The standard InChI is InChI=1S/C18H17ClN6O3/c1-25-18(22-23-24-25)11-3-2-4-12(7-11)20-10-17(26)21-14-9-16-15(8-13(14)19)27-5-6-28-16/h2-4,7-9,20H,5-6,10H2,1H3,(H,21,26). The molecule has 1 amide bonds. The van der Waals surface area contributed by atoms with E-state index in [1.807, 2.05) is 24.3 Å². The number of benzene rings is 2. The lowest BCUT2D eigenvalue weighted by molar-refractivity contribution is -0.114. The number of carbonyl (C=O) groups excluding carboxylic acids is 1. The summed E-state index contributed by atoms with van der Waals surface area (Å²) in [6.07, 6.45) is 0. The van der Waals surface area contributed by atoms with Gasteiger partial charge in [0.1, 0.15) is 13.2 Å². The summed E-state index contributed by atoms with van der Waals surface area (Å²) < 4.78 is 12.6. The summed E-state index contributed by atoms with van der Waals surface area (Å²) in [5.41, 5.74) is 2.08. The predicted octanol–water partition coefficient (Wildman–Crippen LogP) is 2.35. The number of carbonyl (C=O) groups is 1. The topological polar surface area (TPSA) is 103 Å². The fraction of sp³-hybridized carbons (Fsp3) is 0.222. The van der Waals surface area contributed by atoms with Crippen LogP contribution in [-0.4, -0.2) is 45.9 Å². The van der Waals surface area contributed by atoms with Crippen LogP contribution >= 0.6 is 11.6 Å². The molecule has 10 heteroatoms. The molecule has 144 valence electrons. The van der Waals surface area contributed by atoms with Gasteiger partial charge in [-0.05, 0) is 22.6 Å². The zero-order chi connectivity index (χ0) is 19.5. The first-order valence-electron chi connectivity index (χ1n) is 8.56. The van der Waals surface area contributed by atoms with Crippen molar-refractivity contribution in [1.82, 2.24) is 20.2 Å². The number of anilines is 2. The molecule has 9 nitrogen and oxygen atoms in total. The minimum atomic E-state index is -0.246. The second-order valence-electron chi connectivity index (χ2n) is 6.08. The van der Waals surface area contributed by atoms with Gasteiger partial charge in [0.2, 0.25) is 5.91 Å². The molecule has 28 heavy (non-hydrogen) atoms. The Labute approximate surface area is 165 Å². The highest BCUT2D eigenvalue weighted by atomic mass is 35.5. The average Bonchev–Trinajstić information content (AvgIpc) is 3.13. The van der Waals surface area contributed by atoms with Gasteiger partial charge in [0.05, 0.1) is 17.3 Å². The van der Waals surface area contributed by atoms with Crippen molar-refractivity contribution in [2.24, 2.45) is 7.05 Å². The number of rotatable bonds is 5. The fourth-order valence-corrected chi connectivity index (χ4v) is 2.98. The lowest BCUT2D eigenvalue weighted by atomic mass is 10.2. The van der Waals surface area contributed by atoms with Crippen molar-refractivity contribution < 1.29 is 14.3 Å². The molecule has 0 spiro atoms. The van der Waals surface area contributed by atoms with E-state index in [4.69, 9.17) is 21.1 Å². The van der Waals surface area contributed by atoms with Gasteiger partial charge in [-0.2, -0.15) is 0 Å². The SMILES string of the molecule is Cn1nnnc1-c1cccc(NCC(=O)Nc2cc3c(cc2Cl)OCCO3)c1. The van der Waals surface area contributed by atoms with Crippen LogP contribution in [0.1, 0.15) is 0 Å². The van der Waals surface area contributed by atoms with Gasteiger partial charge in [-0.1, -0.05) is 23.7 Å². The second-order valence-corrected chi connectivity index (χ2v) is 6.49. The number of aryl methyl sites for hydroxylation is 1. The van der Waals surface area contributed by atoms with Gasteiger partial charge in [-0.3, -0.25) is 4.79 Å². The number of hydrogen-bond acceptors (Lipinski definition) is 7. The van der Waals surface area contributed by atoms with Gasteiger partial charge < -0.3 is 20.1 Å². The van der Waals surface area contributed by atoms with E-state index in [1.54, 1.807) is 23.9 Å². The van der Waals surface area contributed by atoms with Crippen LogP contribution in [0.15, 0.2) is 36.4 Å². The number of amides is 1. The predicted molar refractivity (Wildman–Crippen MR) is 104 cm³/mol. The van der Waals surface area contributed by atoms with Gasteiger partial charge >= 0.3 is 0 Å². The Morgan fingerprint density at radius 1 is 1.21 bits per heavy atom. The van der Waals surface area contributed by atoms with Crippen LogP contribution in [0.2, 0.25) is 5.02 Å². The molecule has 2 heterocycles. The molecule has 4 rings (SSSR count). The van der Waals surface area contributed by atoms with Crippen LogP contribution in [0.4, 0.5) is 11.4 Å². The molecule has 0 bridgehead atoms. The molecule has 1 aliphatic heterocycles. The highest BCUT2D eigenvalue weighted by molar-refractivity contribution is 6.34. The largest absolute Gasteiger partial charge is 0.486 e. The Hall–Kier alpha value is -3.33. The highest BCUT2D eigenvalue weighted by Gasteiger charge is 2.16. The Balaban J connectivity index is 1.41. The summed E-state index contributed by atoms with van der Waals surface area (Å²) in [6, 6.07) is 10.8. The number of fused-ring (bicyclic) bond motifs is 1. The van der Waals surface area contributed by atoms with Crippen LogP contribution in [0.3, 0.4) is 0 Å². The van der Waals surface area contributed by atoms with Crippen LogP contribution in [0.5, 0.6) is 11.5 Å². The number of ether oxygens (including phenoxy) is 2. The molecule has 0 fully saturated rings. The zero-order valence-electron chi connectivity index (χ0n) is 15.0. The van der Waals surface area contributed by atoms with Crippen molar-refractivity contribution in [3.8, 4) is 22.9 Å². The number of aromatic nitrogens is 4. The van der Waals surface area contributed by atoms with E-state index in [0.717, 1.165) is 11.3 Å². The summed E-state index contributed by atoms with van der Waals surface area (Å²) in [6.45, 7) is 0.995. The third kappa shape index (κ3) is 3.84. The fourth-order valence-electron chi connectivity index (χ4n) is 2.78. The number of halogens is 1. The molecule has 0 unspecified atom stereocenters. The maximum Gasteiger partial charge on any atom is 0.243 e. The van der Waals surface area contributed by atoms with Gasteiger partial charge in [-0.15, -0.1) is 5.10 Å². The molecule has 0 saturated carbocycles. The summed E-state index contributed by atoms with van der Waals surface area (Å²) in [4.78, 5) is 12.3. The summed E-state index contributed by atoms with van der Waals surface area (Å²) in [5.74, 6) is 1.52. The number of hydrogen-bond donors (Lipinski definition) is 2. The van der Waals surface area contributed by atoms with Crippen molar-refractivity contribution in [3.05, 3.63) is 41.4 Å². The molecule has 1 aromatic heterocycles. The van der Waals surface area contributed by atoms with Crippen molar-refractivity contribution in [3.63, 3.8) is 0 Å². The van der Waals surface area contributed by atoms with Gasteiger partial charge in [-0.25, -0.2) is 4.68 Å². The molecular weight excluding hydrogens is 384 g/mol. The smallest absolute Gasteiger partial charge is 0.243 e. The molecule has 0 saturated heterocycles. The highest BCUT2D eigenvalue weighted by Crippen LogP contribution is 2.37. The van der Waals surface area contributed by atoms with Gasteiger partial charge in [0.15, 0.2) is 17.3 Å². The first-order chi connectivity index (χ1) is 13.6. The number of tetrazole rings is 1. The van der Waals surface area contributed by atoms with Crippen molar-refractivity contribution in [2.75, 3.05) is 30.4 Å². The van der Waals surface area contributed by atoms with Crippen molar-refractivity contribution in [1.29, 1.82) is 0 Å². The van der Waals surface area contributed by atoms with E-state index in [-0.39, 0.29) is 12.5 Å². The molecule has 3 aromatic rings. The van der Waals surface area contributed by atoms with Gasteiger partial charge in [0.25, 0.3) is 0 Å². The Morgan fingerprint density at radius 3 is 2.75 bits per heavy atom. The molecule has 2 aromatic carbocycles. The van der Waals surface area contributed by atoms with Crippen LogP contribution in [-0.2, 0) is 11.8 Å². The summed E-state index contributed by atoms with van der Waals surface area (Å²) >= 11 is 6.22. The molecule has 0 radical (unpaired) electrons. The molecule has 0 aliphatic carbocycles. The number of nitrogens with zero attached hydrogens (tertiary/aromatic N) is 4. The van der Waals surface area contributed by atoms with E-state index < -0.39 is 0 Å². The number of nitrogens with one attached hydrogen (secondary N) is 2. The van der Waals surface area contributed by atoms with Crippen molar-refractivity contribution in [2.45, 2.75) is 0 Å². The third-order valence-electron chi connectivity index (χ3n) is 4.10. The minimum Gasteiger partial charge on any atom is -0.486 e. The Bertz CT molecular complexity index is 1020. The van der Waals surface area contributed by atoms with Crippen LogP contribution in [0, 0.1) is 0 Å². The van der Waals surface area contributed by atoms with E-state index in [0.29, 0.717) is 41.2 Å². The Kier molecular flexibility index (Phi) is 4.98. The molecular formula is C18H17ClN6O3. The normalized spacial score (nSPS) is 12.5. The van der Waals surface area contributed by atoms with E-state index in [2.05, 4.69) is 26.2 Å². The first kappa shape index (κ1) is 18.1. The monoisotopic (exact) mass is 400 g/mol. The van der Waals surface area contributed by atoms with E-state index in [9.17, 15) is 4.79 Å². The third-order valence-corrected chi connectivity index (χ3v) is 4.41. The first-order valence-corrected chi connectivity index (χ1v) is 8.93. The molecule has 2 N–H and O–H groups in total. The second kappa shape index (κ2) is 7.73.